The highest BCUT2D eigenvalue weighted by atomic mass is 35.5. The molecule has 1 aromatic heterocycles. The Kier molecular flexibility index (Phi) is 6.60. The van der Waals surface area contributed by atoms with E-state index in [1.54, 1.807) is 38.2 Å². The lowest BCUT2D eigenvalue weighted by molar-refractivity contribution is -0.128. The van der Waals surface area contributed by atoms with E-state index >= 15 is 0 Å². The number of benzene rings is 1. The Labute approximate surface area is 193 Å². The molecule has 2 aliphatic rings. The molecule has 0 saturated carbocycles. The molecule has 0 bridgehead atoms. The summed E-state index contributed by atoms with van der Waals surface area (Å²) in [4.78, 5) is 16.1. The number of aromatic nitrogens is 3. The molecule has 4 rings (SSSR count). The molecular weight excluding hydrogens is 434 g/mol. The number of carbonyl (C=O) groups excluding carboxylic acids is 1. The van der Waals surface area contributed by atoms with Crippen LogP contribution in [-0.2, 0) is 20.8 Å². The van der Waals surface area contributed by atoms with Crippen molar-refractivity contribution < 1.29 is 19.0 Å². The number of amides is 1. The number of rotatable bonds is 6. The zero-order valence-electron chi connectivity index (χ0n) is 19.0. The van der Waals surface area contributed by atoms with Crippen molar-refractivity contribution >= 4 is 23.5 Å². The summed E-state index contributed by atoms with van der Waals surface area (Å²) >= 11 is 6.16. The van der Waals surface area contributed by atoms with Crippen LogP contribution in [-0.4, -0.2) is 84.8 Å². The minimum atomic E-state index is -0.355. The third kappa shape index (κ3) is 4.29. The summed E-state index contributed by atoms with van der Waals surface area (Å²) in [5.74, 6) is 1.99. The highest BCUT2D eigenvalue weighted by Crippen LogP contribution is 2.37. The minimum absolute atomic E-state index is 0.00724. The number of hydrogen-bond donors (Lipinski definition) is 0. The maximum absolute atomic E-state index is 12.4. The van der Waals surface area contributed by atoms with Crippen LogP contribution in [0.5, 0.6) is 5.75 Å². The van der Waals surface area contributed by atoms with Crippen LogP contribution >= 0.6 is 11.6 Å². The van der Waals surface area contributed by atoms with Gasteiger partial charge in [0, 0.05) is 51.7 Å². The van der Waals surface area contributed by atoms with Crippen LogP contribution in [0, 0.1) is 0 Å². The van der Waals surface area contributed by atoms with Crippen molar-refractivity contribution in [1.29, 1.82) is 0 Å². The van der Waals surface area contributed by atoms with Crippen molar-refractivity contribution in [1.82, 2.24) is 19.7 Å². The minimum Gasteiger partial charge on any atom is -0.496 e. The summed E-state index contributed by atoms with van der Waals surface area (Å²) in [6, 6.07) is 5.42. The zero-order chi connectivity index (χ0) is 22.9. The highest BCUT2D eigenvalue weighted by molar-refractivity contribution is 6.30. The number of carbonyl (C=O) groups is 1. The van der Waals surface area contributed by atoms with E-state index in [2.05, 4.69) is 22.0 Å². The number of morpholine rings is 1. The van der Waals surface area contributed by atoms with Gasteiger partial charge in [0.25, 0.3) is 0 Å². The molecule has 174 valence electrons. The first-order chi connectivity index (χ1) is 15.3. The van der Waals surface area contributed by atoms with Gasteiger partial charge in [-0.25, -0.2) is 0 Å². The number of ether oxygens (including phenoxy) is 3. The molecular formula is C22H30ClN5O4. The van der Waals surface area contributed by atoms with Gasteiger partial charge in [0.05, 0.1) is 31.9 Å². The van der Waals surface area contributed by atoms with E-state index in [0.29, 0.717) is 61.8 Å². The maximum Gasteiger partial charge on any atom is 0.227 e. The second-order valence-corrected chi connectivity index (χ2v) is 8.89. The number of halogens is 1. The van der Waals surface area contributed by atoms with Crippen molar-refractivity contribution in [2.75, 3.05) is 52.4 Å². The van der Waals surface area contributed by atoms with Gasteiger partial charge in [-0.05, 0) is 25.1 Å². The fourth-order valence-electron chi connectivity index (χ4n) is 4.35. The third-order valence-corrected chi connectivity index (χ3v) is 6.54. The van der Waals surface area contributed by atoms with Gasteiger partial charge < -0.3 is 24.0 Å². The summed E-state index contributed by atoms with van der Waals surface area (Å²) in [6.07, 6.45) is 1.18. The molecule has 0 aliphatic carbocycles. The van der Waals surface area contributed by atoms with E-state index in [0.717, 1.165) is 12.0 Å². The van der Waals surface area contributed by atoms with Gasteiger partial charge >= 0.3 is 0 Å². The van der Waals surface area contributed by atoms with Gasteiger partial charge in [0.15, 0.2) is 5.82 Å². The van der Waals surface area contributed by atoms with Gasteiger partial charge in [-0.15, -0.1) is 10.2 Å². The second kappa shape index (κ2) is 9.25. The number of hydrogen-bond acceptors (Lipinski definition) is 7. The molecule has 0 radical (unpaired) electrons. The standard InChI is InChI=1S/C22H30ClN5O4/c1-15-22(8-11-31-15)14-27(10-12-32-22)21-25-24-20(28(21)9-7-19(29)26(2)3)17-6-5-16(23)13-18(17)30-4/h5-6,13,15H,7-12,14H2,1-4H3. The summed E-state index contributed by atoms with van der Waals surface area (Å²) < 4.78 is 19.5. The SMILES string of the molecule is COc1cc(Cl)ccc1-c1nnc(N2CCOC3(CCOC3C)C2)n1CCC(=O)N(C)C. The molecule has 2 aliphatic heterocycles. The maximum atomic E-state index is 12.4. The molecule has 2 fully saturated rings. The first-order valence-electron chi connectivity index (χ1n) is 10.8. The fourth-order valence-corrected chi connectivity index (χ4v) is 4.52. The van der Waals surface area contributed by atoms with Crippen molar-refractivity contribution in [3.63, 3.8) is 0 Å². The van der Waals surface area contributed by atoms with Crippen LogP contribution in [0.1, 0.15) is 19.8 Å². The smallest absolute Gasteiger partial charge is 0.227 e. The fraction of sp³-hybridized carbons (Fsp3) is 0.591. The molecule has 2 atom stereocenters. The predicted molar refractivity (Wildman–Crippen MR) is 121 cm³/mol. The predicted octanol–water partition coefficient (Wildman–Crippen LogP) is 2.47. The molecule has 32 heavy (non-hydrogen) atoms. The van der Waals surface area contributed by atoms with E-state index in [-0.39, 0.29) is 17.6 Å². The monoisotopic (exact) mass is 463 g/mol. The summed E-state index contributed by atoms with van der Waals surface area (Å²) in [5.41, 5.74) is 0.417. The lowest BCUT2D eigenvalue weighted by Gasteiger charge is -2.42. The van der Waals surface area contributed by atoms with Crippen LogP contribution in [0.25, 0.3) is 11.4 Å². The Morgan fingerprint density at radius 2 is 2.16 bits per heavy atom. The van der Waals surface area contributed by atoms with Crippen LogP contribution in [0.3, 0.4) is 0 Å². The zero-order valence-corrected chi connectivity index (χ0v) is 19.8. The van der Waals surface area contributed by atoms with E-state index in [1.165, 1.54) is 0 Å². The summed E-state index contributed by atoms with van der Waals surface area (Å²) in [7, 11) is 5.11. The average Bonchev–Trinajstić information content (AvgIpc) is 3.35. The highest BCUT2D eigenvalue weighted by Gasteiger charge is 2.47. The molecule has 2 unspecified atom stereocenters. The lowest BCUT2D eigenvalue weighted by Crippen LogP contribution is -2.56. The Balaban J connectivity index is 1.72. The first-order valence-corrected chi connectivity index (χ1v) is 11.2. The third-order valence-electron chi connectivity index (χ3n) is 6.31. The Bertz CT molecular complexity index is 981. The van der Waals surface area contributed by atoms with Crippen LogP contribution in [0.15, 0.2) is 18.2 Å². The normalized spacial score (nSPS) is 23.0. The molecule has 9 nitrogen and oxygen atoms in total. The average molecular weight is 464 g/mol. The van der Waals surface area contributed by atoms with E-state index in [9.17, 15) is 4.79 Å². The molecule has 10 heteroatoms. The van der Waals surface area contributed by atoms with E-state index < -0.39 is 0 Å². The molecule has 0 N–H and O–H groups in total. The van der Waals surface area contributed by atoms with Gasteiger partial charge in [0.2, 0.25) is 11.9 Å². The summed E-state index contributed by atoms with van der Waals surface area (Å²) in [6.45, 7) is 5.11. The number of methoxy groups -OCH3 is 1. The van der Waals surface area contributed by atoms with Crippen LogP contribution in [0.2, 0.25) is 5.02 Å². The molecule has 1 spiro atoms. The largest absolute Gasteiger partial charge is 0.496 e. The number of nitrogens with zero attached hydrogens (tertiary/aromatic N) is 5. The van der Waals surface area contributed by atoms with E-state index in [4.69, 9.17) is 25.8 Å². The van der Waals surface area contributed by atoms with E-state index in [1.807, 2.05) is 10.6 Å². The molecule has 3 heterocycles. The molecule has 2 saturated heterocycles. The summed E-state index contributed by atoms with van der Waals surface area (Å²) in [5, 5.41) is 9.63. The molecule has 1 aromatic carbocycles. The molecule has 2 aromatic rings. The van der Waals surface area contributed by atoms with Gasteiger partial charge in [-0.2, -0.15) is 0 Å². The second-order valence-electron chi connectivity index (χ2n) is 8.46. The Hall–Kier alpha value is -2.36. The van der Waals surface area contributed by atoms with Crippen molar-refractivity contribution in [3.05, 3.63) is 23.2 Å². The topological polar surface area (TPSA) is 82.0 Å². The van der Waals surface area contributed by atoms with Gasteiger partial charge in [-0.3, -0.25) is 9.36 Å². The molecule has 1 amide bonds. The van der Waals surface area contributed by atoms with Crippen LogP contribution in [0.4, 0.5) is 5.95 Å². The van der Waals surface area contributed by atoms with Crippen LogP contribution < -0.4 is 9.64 Å². The quantitative estimate of drug-likeness (QED) is 0.650. The Morgan fingerprint density at radius 3 is 2.84 bits per heavy atom. The Morgan fingerprint density at radius 1 is 1.34 bits per heavy atom. The van der Waals surface area contributed by atoms with Crippen molar-refractivity contribution in [3.8, 4) is 17.1 Å². The first kappa shape index (κ1) is 22.8. The number of anilines is 1. The van der Waals surface area contributed by atoms with Crippen molar-refractivity contribution in [2.45, 2.75) is 38.0 Å². The van der Waals surface area contributed by atoms with Gasteiger partial charge in [0.1, 0.15) is 11.4 Å². The van der Waals surface area contributed by atoms with Gasteiger partial charge in [-0.1, -0.05) is 11.6 Å². The van der Waals surface area contributed by atoms with Crippen molar-refractivity contribution in [2.24, 2.45) is 0 Å². The lowest BCUT2D eigenvalue weighted by atomic mass is 9.94.